The van der Waals surface area contributed by atoms with Gasteiger partial charge < -0.3 is 14.4 Å². The van der Waals surface area contributed by atoms with Crippen LogP contribution in [0.1, 0.15) is 41.6 Å². The van der Waals surface area contributed by atoms with Crippen LogP contribution in [-0.2, 0) is 30.6 Å². The van der Waals surface area contributed by atoms with Gasteiger partial charge in [-0.15, -0.1) is 0 Å². The van der Waals surface area contributed by atoms with Gasteiger partial charge in [0.15, 0.2) is 6.10 Å². The van der Waals surface area contributed by atoms with Crippen molar-refractivity contribution in [2.24, 2.45) is 0 Å². The van der Waals surface area contributed by atoms with Crippen LogP contribution in [0.25, 0.3) is 0 Å². The van der Waals surface area contributed by atoms with E-state index in [1.807, 2.05) is 41.1 Å². The summed E-state index contributed by atoms with van der Waals surface area (Å²) in [6.07, 6.45) is 8.35. The first-order valence-corrected chi connectivity index (χ1v) is 10.2. The number of benzene rings is 2. The van der Waals surface area contributed by atoms with Gasteiger partial charge in [-0.3, -0.25) is 0 Å². The van der Waals surface area contributed by atoms with Crippen molar-refractivity contribution >= 4 is 5.97 Å². The third-order valence-electron chi connectivity index (χ3n) is 5.46. The van der Waals surface area contributed by atoms with Crippen LogP contribution in [0.3, 0.4) is 0 Å². The van der Waals surface area contributed by atoms with E-state index in [4.69, 9.17) is 4.74 Å². The van der Waals surface area contributed by atoms with Gasteiger partial charge in [0.2, 0.25) is 0 Å². The number of aliphatic carboxylic acids is 1. The lowest BCUT2D eigenvalue weighted by molar-refractivity contribution is -0.145. The van der Waals surface area contributed by atoms with Crippen LogP contribution in [0.5, 0.6) is 5.75 Å². The molecule has 0 spiro atoms. The largest absolute Gasteiger partial charge is 0.479 e. The van der Waals surface area contributed by atoms with Crippen molar-refractivity contribution in [1.29, 1.82) is 0 Å². The summed E-state index contributed by atoms with van der Waals surface area (Å²) < 4.78 is 7.91. The molecule has 1 aliphatic carbocycles. The molecule has 1 heterocycles. The molecule has 5 nitrogen and oxygen atoms in total. The summed E-state index contributed by atoms with van der Waals surface area (Å²) in [6, 6.07) is 16.2. The summed E-state index contributed by atoms with van der Waals surface area (Å²) >= 11 is 0. The van der Waals surface area contributed by atoms with Crippen molar-refractivity contribution in [3.8, 4) is 5.75 Å². The highest BCUT2D eigenvalue weighted by atomic mass is 16.5. The van der Waals surface area contributed by atoms with Gasteiger partial charge in [-0.25, -0.2) is 9.78 Å². The molecule has 1 aromatic heterocycles. The van der Waals surface area contributed by atoms with Crippen LogP contribution in [0.4, 0.5) is 0 Å². The molecule has 0 fully saturated rings. The fourth-order valence-electron chi connectivity index (χ4n) is 3.93. The minimum absolute atomic E-state index is 0.389. The molecule has 0 amide bonds. The van der Waals surface area contributed by atoms with Crippen LogP contribution in [0, 0.1) is 0 Å². The molecule has 5 heteroatoms. The highest BCUT2D eigenvalue weighted by Crippen LogP contribution is 2.30. The zero-order valence-electron chi connectivity index (χ0n) is 16.5. The second-order valence-corrected chi connectivity index (χ2v) is 7.60. The SMILES string of the molecule is O=C(O)C(CCn1cnc(Cc2ccccc2)c1)Oc1cccc2c1CCCC2. The summed E-state index contributed by atoms with van der Waals surface area (Å²) in [6.45, 7) is 0.549. The first-order valence-electron chi connectivity index (χ1n) is 10.2. The maximum absolute atomic E-state index is 11.8. The molecule has 1 aliphatic rings. The lowest BCUT2D eigenvalue weighted by Gasteiger charge is -2.22. The highest BCUT2D eigenvalue weighted by Gasteiger charge is 2.22. The van der Waals surface area contributed by atoms with E-state index in [2.05, 4.69) is 23.2 Å². The summed E-state index contributed by atoms with van der Waals surface area (Å²) in [5, 5.41) is 9.67. The van der Waals surface area contributed by atoms with Gasteiger partial charge in [0.1, 0.15) is 5.75 Å². The Balaban J connectivity index is 1.39. The lowest BCUT2D eigenvalue weighted by atomic mass is 9.91. The number of rotatable bonds is 8. The Hall–Kier alpha value is -3.08. The van der Waals surface area contributed by atoms with Gasteiger partial charge in [0, 0.05) is 25.6 Å². The summed E-state index contributed by atoms with van der Waals surface area (Å²) in [4.78, 5) is 16.2. The Kier molecular flexibility index (Phi) is 5.94. The average Bonchev–Trinajstić information content (AvgIpc) is 3.19. The lowest BCUT2D eigenvalue weighted by Crippen LogP contribution is -2.29. The van der Waals surface area contributed by atoms with Gasteiger partial charge in [0.05, 0.1) is 12.0 Å². The third kappa shape index (κ3) is 4.86. The molecule has 3 aromatic rings. The van der Waals surface area contributed by atoms with E-state index in [0.29, 0.717) is 13.0 Å². The minimum atomic E-state index is -0.928. The maximum atomic E-state index is 11.8. The standard InChI is InChI=1S/C24H26N2O3/c27-24(28)23(29-22-12-6-10-19-9-4-5-11-21(19)22)13-14-26-16-20(25-17-26)15-18-7-2-1-3-8-18/h1-3,6-8,10,12,16-17,23H,4-5,9,11,13-15H2,(H,27,28). The van der Waals surface area contributed by atoms with E-state index in [0.717, 1.165) is 37.1 Å². The van der Waals surface area contributed by atoms with Crippen LogP contribution in [-0.4, -0.2) is 26.7 Å². The second-order valence-electron chi connectivity index (χ2n) is 7.60. The zero-order valence-corrected chi connectivity index (χ0v) is 16.5. The fraction of sp³-hybridized carbons (Fsp3) is 0.333. The predicted molar refractivity (Wildman–Crippen MR) is 111 cm³/mol. The normalized spacial score (nSPS) is 14.2. The first-order chi connectivity index (χ1) is 14.2. The van der Waals surface area contributed by atoms with E-state index in [9.17, 15) is 9.90 Å². The number of aryl methyl sites for hydroxylation is 2. The Bertz CT molecular complexity index is 965. The molecule has 1 unspecified atom stereocenters. The Labute approximate surface area is 171 Å². The first kappa shape index (κ1) is 19.2. The van der Waals surface area contributed by atoms with Crippen molar-refractivity contribution < 1.29 is 14.6 Å². The maximum Gasteiger partial charge on any atom is 0.344 e. The molecule has 29 heavy (non-hydrogen) atoms. The summed E-state index contributed by atoms with van der Waals surface area (Å²) in [5.41, 5.74) is 4.65. The molecular weight excluding hydrogens is 364 g/mol. The predicted octanol–water partition coefficient (Wildman–Crippen LogP) is 4.28. The Morgan fingerprint density at radius 3 is 2.76 bits per heavy atom. The quantitative estimate of drug-likeness (QED) is 0.624. The van der Waals surface area contributed by atoms with Crippen molar-refractivity contribution in [1.82, 2.24) is 9.55 Å². The van der Waals surface area contributed by atoms with Crippen LogP contribution < -0.4 is 4.74 Å². The molecule has 0 radical (unpaired) electrons. The van der Waals surface area contributed by atoms with E-state index in [-0.39, 0.29) is 0 Å². The zero-order chi connectivity index (χ0) is 20.1. The van der Waals surface area contributed by atoms with Crippen molar-refractivity contribution in [3.63, 3.8) is 0 Å². The highest BCUT2D eigenvalue weighted by molar-refractivity contribution is 5.72. The number of carboxylic acid groups (broad SMARTS) is 1. The molecule has 150 valence electrons. The van der Waals surface area contributed by atoms with Crippen LogP contribution in [0.15, 0.2) is 61.1 Å². The van der Waals surface area contributed by atoms with Crippen LogP contribution in [0.2, 0.25) is 0 Å². The van der Waals surface area contributed by atoms with E-state index in [1.165, 1.54) is 23.1 Å². The van der Waals surface area contributed by atoms with Crippen LogP contribution >= 0.6 is 0 Å². The Morgan fingerprint density at radius 1 is 1.10 bits per heavy atom. The van der Waals surface area contributed by atoms with E-state index in [1.54, 1.807) is 6.33 Å². The number of carboxylic acids is 1. The number of hydrogen-bond acceptors (Lipinski definition) is 3. The molecule has 0 saturated heterocycles. The number of nitrogens with zero attached hydrogens (tertiary/aromatic N) is 2. The molecule has 0 saturated carbocycles. The van der Waals surface area contributed by atoms with Gasteiger partial charge in [-0.2, -0.15) is 0 Å². The Morgan fingerprint density at radius 2 is 1.93 bits per heavy atom. The topological polar surface area (TPSA) is 64.3 Å². The van der Waals surface area contributed by atoms with Crippen molar-refractivity contribution in [2.75, 3.05) is 0 Å². The molecule has 0 bridgehead atoms. The summed E-state index contributed by atoms with van der Waals surface area (Å²) in [7, 11) is 0. The van der Waals surface area contributed by atoms with E-state index < -0.39 is 12.1 Å². The summed E-state index contributed by atoms with van der Waals surface area (Å²) in [5.74, 6) is -0.201. The molecule has 1 atom stereocenters. The second kappa shape index (κ2) is 8.95. The van der Waals surface area contributed by atoms with Gasteiger partial charge in [-0.1, -0.05) is 42.5 Å². The van der Waals surface area contributed by atoms with E-state index >= 15 is 0 Å². The molecule has 1 N–H and O–H groups in total. The smallest absolute Gasteiger partial charge is 0.344 e. The molecule has 2 aromatic carbocycles. The number of aromatic nitrogens is 2. The molecule has 0 aliphatic heterocycles. The third-order valence-corrected chi connectivity index (χ3v) is 5.46. The monoisotopic (exact) mass is 390 g/mol. The number of ether oxygens (including phenoxy) is 1. The van der Waals surface area contributed by atoms with Gasteiger partial charge >= 0.3 is 5.97 Å². The number of carbonyl (C=O) groups is 1. The number of imidazole rings is 1. The van der Waals surface area contributed by atoms with Gasteiger partial charge in [-0.05, 0) is 48.4 Å². The molecule has 4 rings (SSSR count). The molecular formula is C24H26N2O3. The van der Waals surface area contributed by atoms with Crippen molar-refractivity contribution in [2.45, 2.75) is 51.2 Å². The minimum Gasteiger partial charge on any atom is -0.479 e. The fourth-order valence-corrected chi connectivity index (χ4v) is 3.93. The number of fused-ring (bicyclic) bond motifs is 1. The van der Waals surface area contributed by atoms with Crippen molar-refractivity contribution in [3.05, 3.63) is 83.4 Å². The average molecular weight is 390 g/mol. The van der Waals surface area contributed by atoms with Gasteiger partial charge in [0.25, 0.3) is 0 Å². The number of hydrogen-bond donors (Lipinski definition) is 1.